The minimum Gasteiger partial charge on any atom is -0.362 e. The normalized spacial score (nSPS) is 21.7. The van der Waals surface area contributed by atoms with Crippen LogP contribution in [-0.2, 0) is 9.53 Å². The van der Waals surface area contributed by atoms with Gasteiger partial charge in [-0.15, -0.1) is 0 Å². The van der Waals surface area contributed by atoms with Crippen LogP contribution in [0.4, 0.5) is 13.2 Å². The Bertz CT molecular complexity index is 496. The Hall–Kier alpha value is -1.56. The van der Waals surface area contributed by atoms with Gasteiger partial charge in [0, 0.05) is 6.04 Å². The van der Waals surface area contributed by atoms with Crippen LogP contribution in [0.1, 0.15) is 29.9 Å². The van der Waals surface area contributed by atoms with E-state index in [1.165, 1.54) is 11.1 Å². The SMILES string of the molecule is Cc1ccccc1C1CC(NC(=O)COCC(F)(F)F)C1. The van der Waals surface area contributed by atoms with Crippen LogP contribution in [-0.4, -0.2) is 31.3 Å². The topological polar surface area (TPSA) is 38.3 Å². The Balaban J connectivity index is 1.68. The van der Waals surface area contributed by atoms with Crippen LogP contribution >= 0.6 is 0 Å². The summed E-state index contributed by atoms with van der Waals surface area (Å²) in [4.78, 5) is 11.4. The van der Waals surface area contributed by atoms with Crippen LogP contribution in [0, 0.1) is 6.92 Å². The highest BCUT2D eigenvalue weighted by molar-refractivity contribution is 5.77. The molecule has 0 bridgehead atoms. The van der Waals surface area contributed by atoms with Gasteiger partial charge in [-0.05, 0) is 36.8 Å². The number of carbonyl (C=O) groups is 1. The first-order valence-corrected chi connectivity index (χ1v) is 6.84. The first kappa shape index (κ1) is 15.8. The number of alkyl halides is 3. The van der Waals surface area contributed by atoms with E-state index in [1.54, 1.807) is 0 Å². The maximum Gasteiger partial charge on any atom is 0.411 e. The predicted octanol–water partition coefficient (Wildman–Crippen LogP) is 2.94. The number of hydrogen-bond donors (Lipinski definition) is 1. The van der Waals surface area contributed by atoms with Gasteiger partial charge in [0.05, 0.1) is 0 Å². The number of aryl methyl sites for hydroxylation is 1. The van der Waals surface area contributed by atoms with Gasteiger partial charge in [-0.25, -0.2) is 0 Å². The van der Waals surface area contributed by atoms with E-state index < -0.39 is 25.3 Å². The molecule has 0 radical (unpaired) electrons. The molecule has 21 heavy (non-hydrogen) atoms. The number of ether oxygens (including phenoxy) is 1. The van der Waals surface area contributed by atoms with Crippen molar-refractivity contribution in [1.29, 1.82) is 0 Å². The Morgan fingerprint density at radius 1 is 1.33 bits per heavy atom. The number of rotatable bonds is 5. The molecule has 0 aliphatic heterocycles. The van der Waals surface area contributed by atoms with Crippen LogP contribution < -0.4 is 5.32 Å². The minimum atomic E-state index is -4.40. The molecule has 1 fully saturated rings. The molecular formula is C15H18F3NO2. The third kappa shape index (κ3) is 4.74. The fourth-order valence-corrected chi connectivity index (χ4v) is 2.56. The summed E-state index contributed by atoms with van der Waals surface area (Å²) in [6, 6.07) is 8.11. The van der Waals surface area contributed by atoms with Crippen molar-refractivity contribution < 1.29 is 22.7 Å². The van der Waals surface area contributed by atoms with E-state index >= 15 is 0 Å². The van der Waals surface area contributed by atoms with Crippen LogP contribution in [0.25, 0.3) is 0 Å². The van der Waals surface area contributed by atoms with Crippen molar-refractivity contribution in [2.45, 2.75) is 37.9 Å². The molecule has 2 rings (SSSR count). The Morgan fingerprint density at radius 2 is 2.00 bits per heavy atom. The molecule has 0 aromatic heterocycles. The van der Waals surface area contributed by atoms with Gasteiger partial charge < -0.3 is 10.1 Å². The van der Waals surface area contributed by atoms with Gasteiger partial charge in [-0.1, -0.05) is 24.3 Å². The molecule has 1 aromatic rings. The summed E-state index contributed by atoms with van der Waals surface area (Å²) >= 11 is 0. The highest BCUT2D eigenvalue weighted by atomic mass is 19.4. The van der Waals surface area contributed by atoms with Crippen molar-refractivity contribution in [3.05, 3.63) is 35.4 Å². The van der Waals surface area contributed by atoms with Crippen molar-refractivity contribution in [2.75, 3.05) is 13.2 Å². The Kier molecular flexibility index (Phi) is 4.88. The summed E-state index contributed by atoms with van der Waals surface area (Å²) in [5, 5.41) is 2.69. The lowest BCUT2D eigenvalue weighted by atomic mass is 9.74. The van der Waals surface area contributed by atoms with Gasteiger partial charge in [0.1, 0.15) is 13.2 Å². The van der Waals surface area contributed by atoms with Gasteiger partial charge in [0.2, 0.25) is 5.91 Å². The average Bonchev–Trinajstić information content (AvgIpc) is 2.33. The molecule has 1 N–H and O–H groups in total. The molecule has 0 unspecified atom stereocenters. The smallest absolute Gasteiger partial charge is 0.362 e. The molecule has 3 nitrogen and oxygen atoms in total. The van der Waals surface area contributed by atoms with Crippen molar-refractivity contribution >= 4 is 5.91 Å². The second-order valence-corrected chi connectivity index (χ2v) is 5.40. The highest BCUT2D eigenvalue weighted by Gasteiger charge is 2.32. The molecule has 0 spiro atoms. The highest BCUT2D eigenvalue weighted by Crippen LogP contribution is 2.38. The number of halogens is 3. The van der Waals surface area contributed by atoms with E-state index in [0.717, 1.165) is 12.8 Å². The van der Waals surface area contributed by atoms with E-state index in [4.69, 9.17) is 0 Å². The largest absolute Gasteiger partial charge is 0.411 e. The molecule has 116 valence electrons. The summed E-state index contributed by atoms with van der Waals surface area (Å²) in [7, 11) is 0. The summed E-state index contributed by atoms with van der Waals surface area (Å²) in [6.07, 6.45) is -2.77. The van der Waals surface area contributed by atoms with E-state index in [-0.39, 0.29) is 6.04 Å². The standard InChI is InChI=1S/C15H18F3NO2/c1-10-4-2-3-5-13(10)11-6-12(7-11)19-14(20)8-21-9-15(16,17)18/h2-5,11-12H,6-9H2,1H3,(H,19,20). The number of nitrogens with one attached hydrogen (secondary N) is 1. The summed E-state index contributed by atoms with van der Waals surface area (Å²) in [5.74, 6) is -0.0833. The molecule has 0 saturated heterocycles. The number of hydrogen-bond acceptors (Lipinski definition) is 2. The summed E-state index contributed by atoms with van der Waals surface area (Å²) < 4.78 is 39.9. The lowest BCUT2D eigenvalue weighted by Gasteiger charge is -2.37. The van der Waals surface area contributed by atoms with E-state index in [2.05, 4.69) is 16.1 Å². The number of benzene rings is 1. The molecule has 0 heterocycles. The van der Waals surface area contributed by atoms with Crippen LogP contribution in [0.15, 0.2) is 24.3 Å². The van der Waals surface area contributed by atoms with Crippen LogP contribution in [0.2, 0.25) is 0 Å². The lowest BCUT2D eigenvalue weighted by Crippen LogP contribution is -2.45. The third-order valence-electron chi connectivity index (χ3n) is 3.63. The van der Waals surface area contributed by atoms with Crippen molar-refractivity contribution in [3.63, 3.8) is 0 Å². The maximum atomic E-state index is 11.9. The maximum absolute atomic E-state index is 11.9. The Morgan fingerprint density at radius 3 is 2.62 bits per heavy atom. The Labute approximate surface area is 121 Å². The van der Waals surface area contributed by atoms with Crippen molar-refractivity contribution in [2.24, 2.45) is 0 Å². The quantitative estimate of drug-likeness (QED) is 0.908. The zero-order valence-corrected chi connectivity index (χ0v) is 11.7. The van der Waals surface area contributed by atoms with Gasteiger partial charge in [-0.2, -0.15) is 13.2 Å². The molecule has 1 amide bonds. The van der Waals surface area contributed by atoms with E-state index in [0.29, 0.717) is 5.92 Å². The zero-order valence-electron chi connectivity index (χ0n) is 11.7. The second-order valence-electron chi connectivity index (χ2n) is 5.40. The minimum absolute atomic E-state index is 0.0246. The monoisotopic (exact) mass is 301 g/mol. The van der Waals surface area contributed by atoms with Gasteiger partial charge >= 0.3 is 6.18 Å². The molecular weight excluding hydrogens is 283 g/mol. The fraction of sp³-hybridized carbons (Fsp3) is 0.533. The molecule has 0 atom stereocenters. The van der Waals surface area contributed by atoms with Gasteiger partial charge in [0.25, 0.3) is 0 Å². The first-order chi connectivity index (χ1) is 9.85. The second kappa shape index (κ2) is 6.47. The number of carbonyl (C=O) groups excluding carboxylic acids is 1. The predicted molar refractivity (Wildman–Crippen MR) is 72.0 cm³/mol. The first-order valence-electron chi connectivity index (χ1n) is 6.84. The molecule has 1 aliphatic rings. The van der Waals surface area contributed by atoms with Crippen molar-refractivity contribution in [3.8, 4) is 0 Å². The summed E-state index contributed by atoms with van der Waals surface area (Å²) in [5.41, 5.74) is 2.50. The zero-order chi connectivity index (χ0) is 15.5. The van der Waals surface area contributed by atoms with Crippen LogP contribution in [0.5, 0.6) is 0 Å². The molecule has 6 heteroatoms. The summed E-state index contributed by atoms with van der Waals surface area (Å²) in [6.45, 7) is 0.105. The van der Waals surface area contributed by atoms with Crippen molar-refractivity contribution in [1.82, 2.24) is 5.32 Å². The van der Waals surface area contributed by atoms with E-state index in [9.17, 15) is 18.0 Å². The molecule has 1 saturated carbocycles. The molecule has 1 aliphatic carbocycles. The lowest BCUT2D eigenvalue weighted by molar-refractivity contribution is -0.175. The van der Waals surface area contributed by atoms with Gasteiger partial charge in [0.15, 0.2) is 0 Å². The third-order valence-corrected chi connectivity index (χ3v) is 3.63. The molecule has 1 aromatic carbocycles. The van der Waals surface area contributed by atoms with Crippen LogP contribution in [0.3, 0.4) is 0 Å². The fourth-order valence-electron chi connectivity index (χ4n) is 2.56. The van der Waals surface area contributed by atoms with E-state index in [1.807, 2.05) is 25.1 Å². The van der Waals surface area contributed by atoms with Gasteiger partial charge in [-0.3, -0.25) is 4.79 Å². The average molecular weight is 301 g/mol. The number of amides is 1.